The summed E-state index contributed by atoms with van der Waals surface area (Å²) in [4.78, 5) is 18.4. The predicted octanol–water partition coefficient (Wildman–Crippen LogP) is 4.18. The number of amides is 1. The van der Waals surface area contributed by atoms with Gasteiger partial charge < -0.3 is 10.1 Å². The summed E-state index contributed by atoms with van der Waals surface area (Å²) in [6.07, 6.45) is -3.09. The van der Waals surface area contributed by atoms with E-state index in [-0.39, 0.29) is 18.3 Å². The maximum Gasteiger partial charge on any atom is 0.422 e. The molecule has 0 saturated carbocycles. The molecule has 1 aromatic carbocycles. The third kappa shape index (κ3) is 7.73. The lowest BCUT2D eigenvalue weighted by Gasteiger charge is -2.24. The van der Waals surface area contributed by atoms with Gasteiger partial charge in [0.1, 0.15) is 0 Å². The second kappa shape index (κ2) is 10.2. The zero-order valence-corrected chi connectivity index (χ0v) is 16.8. The van der Waals surface area contributed by atoms with Crippen LogP contribution in [0.25, 0.3) is 0 Å². The molecule has 0 aliphatic carbocycles. The van der Waals surface area contributed by atoms with Gasteiger partial charge in [-0.3, -0.25) is 9.69 Å². The molecule has 0 bridgehead atoms. The van der Waals surface area contributed by atoms with Gasteiger partial charge in [-0.05, 0) is 49.7 Å². The Morgan fingerprint density at radius 2 is 1.86 bits per heavy atom. The number of nitrogens with one attached hydrogen (secondary N) is 1. The van der Waals surface area contributed by atoms with E-state index < -0.39 is 12.8 Å². The Morgan fingerprint density at radius 1 is 1.17 bits per heavy atom. The van der Waals surface area contributed by atoms with Crippen LogP contribution in [0.3, 0.4) is 0 Å². The molecule has 2 rings (SSSR count). The minimum atomic E-state index is -4.43. The highest BCUT2D eigenvalue weighted by atomic mass is 19.4. The minimum Gasteiger partial charge on any atom is -0.468 e. The number of hydrogen-bond donors (Lipinski definition) is 1. The first-order chi connectivity index (χ1) is 13.7. The quantitative estimate of drug-likeness (QED) is 0.675. The van der Waals surface area contributed by atoms with Gasteiger partial charge in [0.15, 0.2) is 6.61 Å². The van der Waals surface area contributed by atoms with Gasteiger partial charge in [-0.15, -0.1) is 0 Å². The summed E-state index contributed by atoms with van der Waals surface area (Å²) in [5, 5.41) is 2.75. The van der Waals surface area contributed by atoms with Crippen molar-refractivity contribution in [3.05, 3.63) is 59.3 Å². The van der Waals surface area contributed by atoms with Crippen LogP contribution in [-0.4, -0.2) is 41.2 Å². The van der Waals surface area contributed by atoms with Crippen LogP contribution in [0.15, 0.2) is 42.6 Å². The highest BCUT2D eigenvalue weighted by Gasteiger charge is 2.28. The van der Waals surface area contributed by atoms with Crippen LogP contribution in [-0.2, 0) is 13.1 Å². The molecule has 0 unspecified atom stereocenters. The molecule has 0 fully saturated rings. The maximum atomic E-state index is 12.3. The summed E-state index contributed by atoms with van der Waals surface area (Å²) in [5.41, 5.74) is 2.24. The Balaban J connectivity index is 1.90. The number of hydrogen-bond acceptors (Lipinski definition) is 4. The molecule has 0 spiro atoms. The van der Waals surface area contributed by atoms with Gasteiger partial charge in [0.25, 0.3) is 5.91 Å². The van der Waals surface area contributed by atoms with E-state index in [2.05, 4.69) is 40.7 Å². The van der Waals surface area contributed by atoms with Gasteiger partial charge in [0, 0.05) is 37.0 Å². The van der Waals surface area contributed by atoms with Crippen LogP contribution in [0, 0.1) is 0 Å². The molecule has 0 radical (unpaired) electrons. The number of ether oxygens (including phenoxy) is 1. The first-order valence-electron chi connectivity index (χ1n) is 9.43. The number of benzene rings is 1. The van der Waals surface area contributed by atoms with Crippen molar-refractivity contribution < 1.29 is 22.7 Å². The van der Waals surface area contributed by atoms with Crippen molar-refractivity contribution >= 4 is 5.91 Å². The molecule has 0 aliphatic rings. The Morgan fingerprint density at radius 3 is 2.45 bits per heavy atom. The summed E-state index contributed by atoms with van der Waals surface area (Å²) >= 11 is 0. The topological polar surface area (TPSA) is 54.5 Å². The fraction of sp³-hybridized carbons (Fsp3) is 0.429. The Bertz CT molecular complexity index is 793. The third-order valence-electron chi connectivity index (χ3n) is 4.37. The van der Waals surface area contributed by atoms with E-state index in [9.17, 15) is 18.0 Å². The molecular formula is C21H26F3N3O2. The van der Waals surface area contributed by atoms with Crippen molar-refractivity contribution in [2.75, 3.05) is 13.2 Å². The molecule has 5 nitrogen and oxygen atoms in total. The van der Waals surface area contributed by atoms with Crippen LogP contribution >= 0.6 is 0 Å². The smallest absolute Gasteiger partial charge is 0.422 e. The molecule has 1 amide bonds. The molecule has 0 saturated heterocycles. The number of nitrogens with zero attached hydrogens (tertiary/aromatic N) is 2. The lowest BCUT2D eigenvalue weighted by molar-refractivity contribution is -0.154. The Labute approximate surface area is 168 Å². The molecule has 1 N–H and O–H groups in total. The maximum absolute atomic E-state index is 12.3. The lowest BCUT2D eigenvalue weighted by atomic mass is 10.1. The van der Waals surface area contributed by atoms with E-state index in [1.807, 2.05) is 12.1 Å². The molecule has 0 atom stereocenters. The number of alkyl halides is 3. The normalized spacial score (nSPS) is 11.7. The summed E-state index contributed by atoms with van der Waals surface area (Å²) in [7, 11) is 0. The molecule has 158 valence electrons. The summed E-state index contributed by atoms with van der Waals surface area (Å²) in [6.45, 7) is 6.90. The molecule has 1 aromatic heterocycles. The van der Waals surface area contributed by atoms with Crippen LogP contribution in [0.1, 0.15) is 42.3 Å². The first kappa shape index (κ1) is 22.7. The molecule has 29 heavy (non-hydrogen) atoms. The number of halogens is 3. The van der Waals surface area contributed by atoms with Gasteiger partial charge in [0.05, 0.1) is 0 Å². The van der Waals surface area contributed by atoms with Gasteiger partial charge in [-0.1, -0.05) is 19.1 Å². The fourth-order valence-electron chi connectivity index (χ4n) is 2.74. The Kier molecular flexibility index (Phi) is 8.01. The van der Waals surface area contributed by atoms with Crippen LogP contribution in [0.2, 0.25) is 0 Å². The number of pyridine rings is 1. The predicted molar refractivity (Wildman–Crippen MR) is 105 cm³/mol. The van der Waals surface area contributed by atoms with Crippen LogP contribution < -0.4 is 10.1 Å². The Hall–Kier alpha value is -2.61. The zero-order chi connectivity index (χ0) is 21.4. The standard InChI is InChI=1S/C21H26F3N3O2/c1-4-27(15(2)3)13-16-5-7-18(8-6-16)20(28)26-12-17-9-10-25-19(11-17)29-14-21(22,23)24/h5-11,15H,4,12-14H2,1-3H3,(H,26,28). The van der Waals surface area contributed by atoms with Gasteiger partial charge in [-0.25, -0.2) is 4.98 Å². The van der Waals surface area contributed by atoms with Gasteiger partial charge in [0.2, 0.25) is 5.88 Å². The lowest BCUT2D eigenvalue weighted by Crippen LogP contribution is -2.30. The van der Waals surface area contributed by atoms with Crippen molar-refractivity contribution in [1.29, 1.82) is 0 Å². The van der Waals surface area contributed by atoms with Crippen molar-refractivity contribution in [1.82, 2.24) is 15.2 Å². The number of aromatic nitrogens is 1. The SMILES string of the molecule is CCN(Cc1ccc(C(=O)NCc2ccnc(OCC(F)(F)F)c2)cc1)C(C)C. The number of carbonyl (C=O) groups excluding carboxylic acids is 1. The van der Waals surface area contributed by atoms with E-state index in [4.69, 9.17) is 0 Å². The molecule has 1 heterocycles. The van der Waals surface area contributed by atoms with Crippen LogP contribution in [0.5, 0.6) is 5.88 Å². The van der Waals surface area contributed by atoms with Crippen molar-refractivity contribution in [2.24, 2.45) is 0 Å². The van der Waals surface area contributed by atoms with E-state index in [1.165, 1.54) is 12.3 Å². The average Bonchev–Trinajstić information content (AvgIpc) is 2.68. The summed E-state index contributed by atoms with van der Waals surface area (Å²) < 4.78 is 41.3. The molecule has 8 heteroatoms. The highest BCUT2D eigenvalue weighted by molar-refractivity contribution is 5.94. The highest BCUT2D eigenvalue weighted by Crippen LogP contribution is 2.17. The van der Waals surface area contributed by atoms with Crippen molar-refractivity contribution in [3.63, 3.8) is 0 Å². The fourth-order valence-corrected chi connectivity index (χ4v) is 2.74. The van der Waals surface area contributed by atoms with Crippen molar-refractivity contribution in [2.45, 2.75) is 46.1 Å². The third-order valence-corrected chi connectivity index (χ3v) is 4.37. The van der Waals surface area contributed by atoms with E-state index in [0.29, 0.717) is 17.2 Å². The average molecular weight is 409 g/mol. The van der Waals surface area contributed by atoms with Gasteiger partial charge >= 0.3 is 6.18 Å². The van der Waals surface area contributed by atoms with E-state index >= 15 is 0 Å². The van der Waals surface area contributed by atoms with E-state index in [0.717, 1.165) is 18.7 Å². The molecular weight excluding hydrogens is 383 g/mol. The monoisotopic (exact) mass is 409 g/mol. The summed E-state index contributed by atoms with van der Waals surface area (Å²) in [6, 6.07) is 10.8. The van der Waals surface area contributed by atoms with Crippen LogP contribution in [0.4, 0.5) is 13.2 Å². The second-order valence-corrected chi connectivity index (χ2v) is 6.94. The van der Waals surface area contributed by atoms with E-state index in [1.54, 1.807) is 18.2 Å². The van der Waals surface area contributed by atoms with Crippen molar-refractivity contribution in [3.8, 4) is 5.88 Å². The molecule has 0 aliphatic heterocycles. The zero-order valence-electron chi connectivity index (χ0n) is 16.8. The first-order valence-corrected chi connectivity index (χ1v) is 9.43. The van der Waals surface area contributed by atoms with Gasteiger partial charge in [-0.2, -0.15) is 13.2 Å². The number of carbonyl (C=O) groups is 1. The number of rotatable bonds is 9. The second-order valence-electron chi connectivity index (χ2n) is 6.94. The summed E-state index contributed by atoms with van der Waals surface area (Å²) in [5.74, 6) is -0.397. The molecule has 2 aromatic rings. The minimum absolute atomic E-state index is 0.135. The largest absolute Gasteiger partial charge is 0.468 e.